The zero-order valence-corrected chi connectivity index (χ0v) is 18.3. The number of nitrogens with two attached hydrogens (primary N) is 1. The zero-order chi connectivity index (χ0) is 23.8. The largest absolute Gasteiger partial charge is 0.394 e. The normalized spacial score (nSPS) is 23.0. The molecule has 1 aromatic carbocycles. The van der Waals surface area contributed by atoms with Gasteiger partial charge in [-0.25, -0.2) is 23.7 Å². The van der Waals surface area contributed by atoms with E-state index in [9.17, 15) is 9.90 Å². The van der Waals surface area contributed by atoms with E-state index in [0.29, 0.717) is 11.3 Å². The number of aliphatic hydroxyl groups is 1. The number of hydrogen-bond acceptors (Lipinski definition) is 8. The molecule has 3 heterocycles. The Morgan fingerprint density at radius 1 is 1.27 bits per heavy atom. The molecular formula is C22H26F2N6O3. The third kappa shape index (κ3) is 4.31. The zero-order valence-electron chi connectivity index (χ0n) is 18.3. The summed E-state index contributed by atoms with van der Waals surface area (Å²) in [5, 5.41) is 9.74. The second kappa shape index (κ2) is 9.08. The molecule has 0 bridgehead atoms. The van der Waals surface area contributed by atoms with E-state index in [4.69, 9.17) is 10.5 Å². The Bertz CT molecular complexity index is 1120. The standard InChI is InChI=1S/C22H26F2N6O3/c1-29(2)19-18-20(27-11-26-19)30(12-28-18)21-22(23,24)14(17(10-31)33-21)9-16(32)15(25)8-13-6-4-3-5-7-13/h3-7,11-12,14-15,17,21,31H,8-10,25H2,1-2H3/t14?,15-,17+,21+/m0/s1. The number of benzene rings is 1. The van der Waals surface area contributed by atoms with Crippen LogP contribution in [0.1, 0.15) is 18.2 Å². The Hall–Kier alpha value is -3.02. The number of aliphatic hydroxyl groups excluding tert-OH is 1. The van der Waals surface area contributed by atoms with Gasteiger partial charge < -0.3 is 20.5 Å². The minimum absolute atomic E-state index is 0.169. The van der Waals surface area contributed by atoms with Crippen LogP contribution in [0.25, 0.3) is 11.2 Å². The Kier molecular flexibility index (Phi) is 6.37. The number of imidazole rings is 1. The molecule has 0 spiro atoms. The smallest absolute Gasteiger partial charge is 0.298 e. The maximum Gasteiger partial charge on any atom is 0.298 e. The molecule has 0 amide bonds. The molecule has 1 aliphatic heterocycles. The van der Waals surface area contributed by atoms with Crippen LogP contribution in [0.3, 0.4) is 0 Å². The summed E-state index contributed by atoms with van der Waals surface area (Å²) in [5.74, 6) is -5.07. The average molecular weight is 460 g/mol. The highest BCUT2D eigenvalue weighted by atomic mass is 19.3. The summed E-state index contributed by atoms with van der Waals surface area (Å²) in [6, 6.07) is 8.18. The van der Waals surface area contributed by atoms with Crippen molar-refractivity contribution in [2.24, 2.45) is 11.7 Å². The van der Waals surface area contributed by atoms with Gasteiger partial charge in [0.1, 0.15) is 12.1 Å². The number of fused-ring (bicyclic) bond motifs is 1. The molecule has 3 N–H and O–H groups in total. The molecule has 0 aliphatic carbocycles. The topological polar surface area (TPSA) is 119 Å². The van der Waals surface area contributed by atoms with Gasteiger partial charge in [0.05, 0.1) is 31.0 Å². The van der Waals surface area contributed by atoms with Crippen LogP contribution in [0.4, 0.5) is 14.6 Å². The van der Waals surface area contributed by atoms with E-state index in [0.717, 1.165) is 10.1 Å². The second-order valence-electron chi connectivity index (χ2n) is 8.37. The van der Waals surface area contributed by atoms with Gasteiger partial charge in [-0.05, 0) is 12.0 Å². The minimum Gasteiger partial charge on any atom is -0.394 e. The van der Waals surface area contributed by atoms with Gasteiger partial charge in [0.15, 0.2) is 17.0 Å². The van der Waals surface area contributed by atoms with E-state index < -0.39 is 49.0 Å². The lowest BCUT2D eigenvalue weighted by atomic mass is 9.88. The molecule has 4 atom stereocenters. The van der Waals surface area contributed by atoms with Crippen LogP contribution in [0.2, 0.25) is 0 Å². The van der Waals surface area contributed by atoms with Crippen molar-refractivity contribution in [3.05, 3.63) is 48.5 Å². The van der Waals surface area contributed by atoms with E-state index in [1.165, 1.54) is 12.7 Å². The molecule has 0 saturated carbocycles. The Balaban J connectivity index is 1.58. The molecule has 1 saturated heterocycles. The van der Waals surface area contributed by atoms with Crippen LogP contribution in [0.5, 0.6) is 0 Å². The van der Waals surface area contributed by atoms with E-state index in [-0.39, 0.29) is 12.1 Å². The van der Waals surface area contributed by atoms with Gasteiger partial charge >= 0.3 is 0 Å². The molecule has 1 fully saturated rings. The van der Waals surface area contributed by atoms with E-state index in [1.54, 1.807) is 19.0 Å². The molecule has 33 heavy (non-hydrogen) atoms. The number of carbonyl (C=O) groups excluding carboxylic acids is 1. The number of anilines is 1. The number of halogens is 2. The minimum atomic E-state index is -3.48. The lowest BCUT2D eigenvalue weighted by molar-refractivity contribution is -0.133. The van der Waals surface area contributed by atoms with Crippen LogP contribution >= 0.6 is 0 Å². The summed E-state index contributed by atoms with van der Waals surface area (Å²) in [5.41, 5.74) is 7.36. The van der Waals surface area contributed by atoms with Crippen molar-refractivity contribution >= 4 is 22.8 Å². The summed E-state index contributed by atoms with van der Waals surface area (Å²) in [7, 11) is 3.51. The highest BCUT2D eigenvalue weighted by Crippen LogP contribution is 2.49. The summed E-state index contributed by atoms with van der Waals surface area (Å²) >= 11 is 0. The van der Waals surface area contributed by atoms with Crippen LogP contribution in [-0.4, -0.2) is 69.2 Å². The van der Waals surface area contributed by atoms with Crippen molar-refractivity contribution in [3.8, 4) is 0 Å². The first-order valence-electron chi connectivity index (χ1n) is 10.5. The van der Waals surface area contributed by atoms with Gasteiger partial charge in [-0.2, -0.15) is 0 Å². The third-order valence-electron chi connectivity index (χ3n) is 5.90. The predicted molar refractivity (Wildman–Crippen MR) is 117 cm³/mol. The van der Waals surface area contributed by atoms with Gasteiger partial charge in [0, 0.05) is 20.5 Å². The predicted octanol–water partition coefficient (Wildman–Crippen LogP) is 1.56. The van der Waals surface area contributed by atoms with Crippen molar-refractivity contribution < 1.29 is 23.4 Å². The Morgan fingerprint density at radius 2 is 2.00 bits per heavy atom. The lowest BCUT2D eigenvalue weighted by Gasteiger charge is -2.24. The number of ketones is 1. The summed E-state index contributed by atoms with van der Waals surface area (Å²) in [4.78, 5) is 26.9. The number of nitrogens with zero attached hydrogens (tertiary/aromatic N) is 5. The average Bonchev–Trinajstić information content (AvgIpc) is 3.32. The molecular weight excluding hydrogens is 434 g/mol. The monoisotopic (exact) mass is 460 g/mol. The van der Waals surface area contributed by atoms with Crippen LogP contribution in [0.15, 0.2) is 43.0 Å². The van der Waals surface area contributed by atoms with E-state index >= 15 is 8.78 Å². The molecule has 11 heteroatoms. The van der Waals surface area contributed by atoms with Crippen molar-refractivity contribution in [1.29, 1.82) is 0 Å². The maximum atomic E-state index is 15.6. The van der Waals surface area contributed by atoms with Crippen LogP contribution < -0.4 is 10.6 Å². The fraction of sp³-hybridized carbons (Fsp3) is 0.455. The molecule has 0 radical (unpaired) electrons. The van der Waals surface area contributed by atoms with Crippen molar-refractivity contribution in [2.75, 3.05) is 25.6 Å². The van der Waals surface area contributed by atoms with Gasteiger partial charge in [-0.1, -0.05) is 30.3 Å². The summed E-state index contributed by atoms with van der Waals surface area (Å²) in [6.45, 7) is -0.664. The van der Waals surface area contributed by atoms with Crippen LogP contribution in [0, 0.1) is 5.92 Å². The fourth-order valence-corrected chi connectivity index (χ4v) is 4.16. The molecule has 4 rings (SSSR count). The van der Waals surface area contributed by atoms with Gasteiger partial charge in [-0.3, -0.25) is 9.36 Å². The molecule has 9 nitrogen and oxygen atoms in total. The number of carbonyl (C=O) groups is 1. The molecule has 3 aromatic rings. The molecule has 176 valence electrons. The highest BCUT2D eigenvalue weighted by Gasteiger charge is 2.60. The summed E-state index contributed by atoms with van der Waals surface area (Å²) in [6.07, 6.45) is -0.838. The van der Waals surface area contributed by atoms with Gasteiger partial charge in [-0.15, -0.1) is 0 Å². The van der Waals surface area contributed by atoms with E-state index in [1.807, 2.05) is 30.3 Å². The first-order valence-corrected chi connectivity index (χ1v) is 10.5. The number of alkyl halides is 2. The van der Waals surface area contributed by atoms with Crippen molar-refractivity contribution in [3.63, 3.8) is 0 Å². The number of aromatic nitrogens is 4. The lowest BCUT2D eigenvalue weighted by Crippen LogP contribution is -2.40. The van der Waals surface area contributed by atoms with Crippen LogP contribution in [-0.2, 0) is 16.0 Å². The SMILES string of the molecule is CN(C)c1ncnc2c1ncn2[C@@H]1O[C@H](CO)C(CC(=O)[C@@H](N)Cc2ccccc2)C1(F)F. The third-order valence-corrected chi connectivity index (χ3v) is 5.90. The Morgan fingerprint density at radius 3 is 2.67 bits per heavy atom. The van der Waals surface area contributed by atoms with Crippen molar-refractivity contribution in [2.45, 2.75) is 37.1 Å². The van der Waals surface area contributed by atoms with Gasteiger partial charge in [0.25, 0.3) is 5.92 Å². The maximum absolute atomic E-state index is 15.6. The number of rotatable bonds is 8. The highest BCUT2D eigenvalue weighted by molar-refractivity contribution is 5.85. The number of hydrogen-bond donors (Lipinski definition) is 2. The molecule has 1 unspecified atom stereocenters. The fourth-order valence-electron chi connectivity index (χ4n) is 4.16. The van der Waals surface area contributed by atoms with Crippen molar-refractivity contribution in [1.82, 2.24) is 19.5 Å². The quantitative estimate of drug-likeness (QED) is 0.520. The number of Topliss-reactive ketones (excluding diaryl/α,β-unsaturated/α-hetero) is 1. The second-order valence-corrected chi connectivity index (χ2v) is 8.37. The first-order chi connectivity index (χ1) is 15.7. The van der Waals surface area contributed by atoms with E-state index in [2.05, 4.69) is 15.0 Å². The molecule has 2 aromatic heterocycles. The Labute approximate surface area is 189 Å². The molecule has 1 aliphatic rings. The van der Waals surface area contributed by atoms with Gasteiger partial charge in [0.2, 0.25) is 6.23 Å². The summed E-state index contributed by atoms with van der Waals surface area (Å²) < 4.78 is 37.8. The number of ether oxygens (including phenoxy) is 1. The first kappa shape index (κ1) is 23.1.